The summed E-state index contributed by atoms with van der Waals surface area (Å²) in [6, 6.07) is 142. The van der Waals surface area contributed by atoms with E-state index in [0.717, 1.165) is 69.2 Å². The third kappa shape index (κ3) is 15.4. The maximum absolute atomic E-state index is 2.38. The Labute approximate surface area is 636 Å². The van der Waals surface area contributed by atoms with Crippen LogP contribution in [0.3, 0.4) is 0 Å². The zero-order valence-electron chi connectivity index (χ0n) is 61.6. The van der Waals surface area contributed by atoms with Crippen LogP contribution in [-0.4, -0.2) is 0 Å². The first-order chi connectivity index (χ1) is 53.2. The fourth-order valence-corrected chi connectivity index (χ4v) is 15.2. The second kappa shape index (κ2) is 31.9. The standard InChI is InChI=1S/C106H84N2/c1-75-39-67-99(91(71-75)73-79-23-9-5-10-24-79)89-51-63-97(64-52-89)107(93-55-43-81(44-56-93)77(3)41-69-103(85-27-13-7-14-28-85)105-37-21-33-87-31-17-19-35-101(87)105)95-59-47-83(48-60-95)84-49-61-96(62-50-84)108(98-65-53-90(54-66-98)100-68-40-76(2)72-92(100)74-80-25-11-6-12-26-80)94-57-45-82(46-58-94)78(4)42-70-104(86-29-15-8-16-30-86)106-38-22-34-88-32-18-20-36-102(88)106/h5-72H,73-74H2,1-4H3. The molecule has 2 heteroatoms. The van der Waals surface area contributed by atoms with E-state index in [-0.39, 0.29) is 0 Å². The van der Waals surface area contributed by atoms with Gasteiger partial charge < -0.3 is 9.80 Å². The van der Waals surface area contributed by atoms with Crippen LogP contribution in [0.5, 0.6) is 0 Å². The molecule has 0 atom stereocenters. The van der Waals surface area contributed by atoms with Gasteiger partial charge in [0.15, 0.2) is 0 Å². The van der Waals surface area contributed by atoms with Crippen molar-refractivity contribution in [3.05, 3.63) is 479 Å². The molecule has 0 saturated carbocycles. The van der Waals surface area contributed by atoms with Gasteiger partial charge >= 0.3 is 0 Å². The number of rotatable bonds is 21. The second-order valence-electron chi connectivity index (χ2n) is 28.2. The Bertz CT molecular complexity index is 5550. The average molecular weight is 1390 g/mol. The largest absolute Gasteiger partial charge is 0.311 e. The predicted octanol–water partition coefficient (Wildman–Crippen LogP) is 28.8. The first-order valence-electron chi connectivity index (χ1n) is 37.5. The number of allylic oxidation sites excluding steroid dienone is 6. The summed E-state index contributed by atoms with van der Waals surface area (Å²) in [7, 11) is 0. The molecule has 0 aliphatic rings. The van der Waals surface area contributed by atoms with Crippen LogP contribution < -0.4 is 9.80 Å². The van der Waals surface area contributed by atoms with Crippen LogP contribution in [0.1, 0.15) is 80.6 Å². The molecule has 0 aromatic heterocycles. The Morgan fingerprint density at radius 1 is 0.250 bits per heavy atom. The maximum atomic E-state index is 2.38. The molecular weight excluding hydrogens is 1300 g/mol. The molecule has 0 fully saturated rings. The third-order valence-corrected chi connectivity index (χ3v) is 20.9. The summed E-state index contributed by atoms with van der Waals surface area (Å²) in [4.78, 5) is 4.76. The number of nitrogens with zero attached hydrogens (tertiary/aromatic N) is 2. The monoisotopic (exact) mass is 1380 g/mol. The van der Waals surface area contributed by atoms with Crippen LogP contribution in [0.25, 0.3) is 77.2 Å². The van der Waals surface area contributed by atoms with Crippen LogP contribution in [-0.2, 0) is 12.8 Å². The molecule has 16 aromatic rings. The van der Waals surface area contributed by atoms with E-state index in [2.05, 4.69) is 450 Å². The van der Waals surface area contributed by atoms with Crippen molar-refractivity contribution in [1.82, 2.24) is 0 Å². The maximum Gasteiger partial charge on any atom is 0.0462 e. The molecule has 0 unspecified atom stereocenters. The minimum atomic E-state index is 0.862. The van der Waals surface area contributed by atoms with E-state index in [4.69, 9.17) is 0 Å². The number of aryl methyl sites for hydroxylation is 2. The van der Waals surface area contributed by atoms with Crippen molar-refractivity contribution in [2.75, 3.05) is 9.80 Å². The summed E-state index contributed by atoms with van der Waals surface area (Å²) in [5.41, 5.74) is 33.1. The Kier molecular flexibility index (Phi) is 20.4. The van der Waals surface area contributed by atoms with E-state index in [1.807, 2.05) is 0 Å². The molecule has 16 rings (SSSR count). The van der Waals surface area contributed by atoms with Crippen LogP contribution in [0.2, 0.25) is 0 Å². The molecule has 0 saturated heterocycles. The minimum Gasteiger partial charge on any atom is -0.311 e. The highest BCUT2D eigenvalue weighted by atomic mass is 15.1. The van der Waals surface area contributed by atoms with Gasteiger partial charge in [0.05, 0.1) is 0 Å². The lowest BCUT2D eigenvalue weighted by Crippen LogP contribution is -2.10. The summed E-state index contributed by atoms with van der Waals surface area (Å²) in [6.45, 7) is 8.80. The van der Waals surface area contributed by atoms with E-state index in [0.29, 0.717) is 0 Å². The zero-order chi connectivity index (χ0) is 73.1. The Hall–Kier alpha value is -13.4. The molecule has 0 N–H and O–H groups in total. The summed E-state index contributed by atoms with van der Waals surface area (Å²) in [5.74, 6) is 0. The highest BCUT2D eigenvalue weighted by Gasteiger charge is 2.20. The van der Waals surface area contributed by atoms with Gasteiger partial charge in [-0.2, -0.15) is 0 Å². The number of fused-ring (bicyclic) bond motifs is 2. The van der Waals surface area contributed by atoms with E-state index in [1.54, 1.807) is 0 Å². The molecule has 0 radical (unpaired) electrons. The average Bonchev–Trinajstić information content (AvgIpc) is 0.836. The van der Waals surface area contributed by atoms with Gasteiger partial charge in [0.2, 0.25) is 0 Å². The van der Waals surface area contributed by atoms with Crippen LogP contribution in [0.4, 0.5) is 34.1 Å². The molecule has 0 heterocycles. The lowest BCUT2D eigenvalue weighted by atomic mass is 9.92. The SMILES string of the molecule is CC(=CC=C(c1ccccc1)c1cccc2ccccc12)c1ccc(N(c2ccc(-c3ccc(N(c4ccc(C(C)=CC=C(c5ccccc5)c5cccc6ccccc56)cc4)c4ccc(-c5ccc(C)cc5Cc5ccccc5)cc4)cc3)cc2)c2ccc(-c3ccc(C)cc3Cc3ccccc3)cc2)cc1. The highest BCUT2D eigenvalue weighted by Crippen LogP contribution is 2.42. The topological polar surface area (TPSA) is 6.48 Å². The molecule has 0 spiro atoms. The Morgan fingerprint density at radius 2 is 0.546 bits per heavy atom. The van der Waals surface area contributed by atoms with E-state index in [9.17, 15) is 0 Å². The van der Waals surface area contributed by atoms with Gasteiger partial charge in [-0.05, 0) is 246 Å². The van der Waals surface area contributed by atoms with Gasteiger partial charge in [-0.3, -0.25) is 0 Å². The molecular formula is C106H84N2. The fraction of sp³-hybridized carbons (Fsp3) is 0.0566. The Morgan fingerprint density at radius 3 is 0.898 bits per heavy atom. The van der Waals surface area contributed by atoms with Crippen molar-refractivity contribution >= 4 is 78.0 Å². The van der Waals surface area contributed by atoms with Gasteiger partial charge in [0.1, 0.15) is 0 Å². The van der Waals surface area contributed by atoms with Crippen molar-refractivity contribution in [3.8, 4) is 33.4 Å². The van der Waals surface area contributed by atoms with Crippen molar-refractivity contribution in [1.29, 1.82) is 0 Å². The smallest absolute Gasteiger partial charge is 0.0462 e. The second-order valence-corrected chi connectivity index (χ2v) is 28.2. The molecule has 108 heavy (non-hydrogen) atoms. The molecule has 16 aromatic carbocycles. The molecule has 0 amide bonds. The summed E-state index contributed by atoms with van der Waals surface area (Å²) >= 11 is 0. The first kappa shape index (κ1) is 69.0. The molecule has 518 valence electrons. The number of anilines is 6. The van der Waals surface area contributed by atoms with E-state index >= 15 is 0 Å². The molecule has 0 aliphatic heterocycles. The molecule has 0 bridgehead atoms. The third-order valence-electron chi connectivity index (χ3n) is 20.9. The first-order valence-corrected chi connectivity index (χ1v) is 37.5. The van der Waals surface area contributed by atoms with Crippen LogP contribution in [0, 0.1) is 13.8 Å². The van der Waals surface area contributed by atoms with Crippen molar-refractivity contribution in [3.63, 3.8) is 0 Å². The number of benzene rings is 16. The van der Waals surface area contributed by atoms with Crippen LogP contribution in [0.15, 0.2) is 413 Å². The summed E-state index contributed by atoms with van der Waals surface area (Å²) < 4.78 is 0. The summed E-state index contributed by atoms with van der Waals surface area (Å²) in [6.07, 6.45) is 10.8. The van der Waals surface area contributed by atoms with Crippen molar-refractivity contribution in [2.45, 2.75) is 40.5 Å². The van der Waals surface area contributed by atoms with Gasteiger partial charge in [0, 0.05) is 34.1 Å². The molecule has 2 nitrogen and oxygen atoms in total. The Balaban J connectivity index is 0.728. The van der Waals surface area contributed by atoms with Crippen LogP contribution >= 0.6 is 0 Å². The van der Waals surface area contributed by atoms with E-state index in [1.165, 1.54) is 122 Å². The minimum absolute atomic E-state index is 0.862. The summed E-state index contributed by atoms with van der Waals surface area (Å²) in [5, 5.41) is 4.93. The van der Waals surface area contributed by atoms with E-state index < -0.39 is 0 Å². The lowest BCUT2D eigenvalue weighted by molar-refractivity contribution is 1.18. The zero-order valence-corrected chi connectivity index (χ0v) is 61.6. The van der Waals surface area contributed by atoms with Crippen molar-refractivity contribution in [2.24, 2.45) is 0 Å². The highest BCUT2D eigenvalue weighted by molar-refractivity contribution is 6.00. The fourth-order valence-electron chi connectivity index (χ4n) is 15.2. The van der Waals surface area contributed by atoms with Gasteiger partial charge in [-0.1, -0.05) is 351 Å². The number of hydrogen-bond acceptors (Lipinski definition) is 2. The van der Waals surface area contributed by atoms with Gasteiger partial charge in [-0.15, -0.1) is 0 Å². The van der Waals surface area contributed by atoms with Crippen molar-refractivity contribution < 1.29 is 0 Å². The quantitative estimate of drug-likeness (QED) is 0.0662. The van der Waals surface area contributed by atoms with Gasteiger partial charge in [0.25, 0.3) is 0 Å². The lowest BCUT2D eigenvalue weighted by Gasteiger charge is -2.27. The normalized spacial score (nSPS) is 12.0. The molecule has 0 aliphatic carbocycles. The number of hydrogen-bond donors (Lipinski definition) is 0. The van der Waals surface area contributed by atoms with Gasteiger partial charge in [-0.25, -0.2) is 0 Å². The predicted molar refractivity (Wildman–Crippen MR) is 462 cm³/mol.